The zero-order valence-electron chi connectivity index (χ0n) is 13.5. The van der Waals surface area contributed by atoms with Crippen molar-refractivity contribution >= 4 is 17.5 Å². The van der Waals surface area contributed by atoms with E-state index in [0.717, 1.165) is 22.2 Å². The van der Waals surface area contributed by atoms with Crippen LogP contribution in [0.3, 0.4) is 0 Å². The van der Waals surface area contributed by atoms with Crippen LogP contribution in [0.5, 0.6) is 5.75 Å². The highest BCUT2D eigenvalue weighted by Crippen LogP contribution is 2.26. The molecule has 0 bridgehead atoms. The molecule has 0 aliphatic heterocycles. The number of carbonyl (C=O) groups excluding carboxylic acids is 1. The molecule has 0 aliphatic rings. The van der Waals surface area contributed by atoms with E-state index in [0.29, 0.717) is 5.56 Å². The summed E-state index contributed by atoms with van der Waals surface area (Å²) >= 11 is 1.42. The lowest BCUT2D eigenvalue weighted by atomic mass is 10.1. The van der Waals surface area contributed by atoms with Crippen LogP contribution in [0.1, 0.15) is 17.3 Å². The Hall–Kier alpha value is -2.53. The first-order valence-corrected chi connectivity index (χ1v) is 8.50. The minimum atomic E-state index is -0.229. The van der Waals surface area contributed by atoms with Gasteiger partial charge < -0.3 is 9.72 Å². The number of carbonyl (C=O) groups is 1. The van der Waals surface area contributed by atoms with Crippen molar-refractivity contribution in [2.75, 3.05) is 7.11 Å². The van der Waals surface area contributed by atoms with Gasteiger partial charge in [-0.15, -0.1) is 0 Å². The quantitative estimate of drug-likeness (QED) is 0.533. The molecule has 0 unspecified atom stereocenters. The number of aromatic amines is 1. The molecule has 5 heteroatoms. The van der Waals surface area contributed by atoms with E-state index < -0.39 is 0 Å². The number of benzene rings is 2. The van der Waals surface area contributed by atoms with Crippen LogP contribution in [0, 0.1) is 0 Å². The van der Waals surface area contributed by atoms with Crippen molar-refractivity contribution in [1.29, 1.82) is 0 Å². The van der Waals surface area contributed by atoms with Crippen LogP contribution in [-0.2, 0) is 0 Å². The Balaban J connectivity index is 1.69. The molecule has 0 saturated carbocycles. The fourth-order valence-electron chi connectivity index (χ4n) is 2.34. The summed E-state index contributed by atoms with van der Waals surface area (Å²) in [5.41, 5.74) is 2.69. The van der Waals surface area contributed by atoms with Gasteiger partial charge in [0.15, 0.2) is 10.9 Å². The summed E-state index contributed by atoms with van der Waals surface area (Å²) in [6, 6.07) is 17.2. The topological polar surface area (TPSA) is 55.0 Å². The number of methoxy groups -OCH3 is 1. The number of hydrogen-bond donors (Lipinski definition) is 1. The summed E-state index contributed by atoms with van der Waals surface area (Å²) in [6.07, 6.45) is 1.79. The zero-order valence-corrected chi connectivity index (χ0v) is 14.3. The highest BCUT2D eigenvalue weighted by molar-refractivity contribution is 8.00. The van der Waals surface area contributed by atoms with E-state index >= 15 is 0 Å². The van der Waals surface area contributed by atoms with Crippen LogP contribution >= 0.6 is 11.8 Å². The van der Waals surface area contributed by atoms with Gasteiger partial charge in [0, 0.05) is 5.56 Å². The summed E-state index contributed by atoms with van der Waals surface area (Å²) in [5.74, 6) is 0.811. The summed E-state index contributed by atoms with van der Waals surface area (Å²) in [7, 11) is 1.61. The second kappa shape index (κ2) is 7.36. The Morgan fingerprint density at radius 1 is 1.12 bits per heavy atom. The number of H-pyrrole nitrogens is 1. The van der Waals surface area contributed by atoms with Gasteiger partial charge in [0.2, 0.25) is 0 Å². The molecule has 3 rings (SSSR count). The molecule has 2 aromatic carbocycles. The molecule has 1 aromatic heterocycles. The summed E-state index contributed by atoms with van der Waals surface area (Å²) in [6.45, 7) is 1.89. The van der Waals surface area contributed by atoms with Crippen LogP contribution < -0.4 is 4.74 Å². The predicted octanol–water partition coefficient (Wildman–Crippen LogP) is 4.45. The fraction of sp³-hybridized carbons (Fsp3) is 0.158. The molecule has 1 heterocycles. The minimum Gasteiger partial charge on any atom is -0.497 e. The summed E-state index contributed by atoms with van der Waals surface area (Å²) in [5, 5.41) is 0.511. The molecule has 1 N–H and O–H groups in total. The molecule has 3 aromatic rings. The monoisotopic (exact) mass is 338 g/mol. The molecule has 0 fully saturated rings. The number of ether oxygens (including phenoxy) is 1. The summed E-state index contributed by atoms with van der Waals surface area (Å²) < 4.78 is 5.12. The van der Waals surface area contributed by atoms with Crippen molar-refractivity contribution in [3.8, 4) is 17.0 Å². The zero-order chi connectivity index (χ0) is 16.9. The van der Waals surface area contributed by atoms with Gasteiger partial charge in [0.05, 0.1) is 24.3 Å². The Labute approximate surface area is 145 Å². The molecule has 0 spiro atoms. The van der Waals surface area contributed by atoms with E-state index in [2.05, 4.69) is 9.97 Å². The lowest BCUT2D eigenvalue weighted by molar-refractivity contribution is 0.0994. The van der Waals surface area contributed by atoms with Crippen LogP contribution in [0.4, 0.5) is 0 Å². The first-order valence-electron chi connectivity index (χ1n) is 7.62. The van der Waals surface area contributed by atoms with Crippen molar-refractivity contribution in [3.05, 3.63) is 66.4 Å². The van der Waals surface area contributed by atoms with E-state index in [1.165, 1.54) is 11.8 Å². The van der Waals surface area contributed by atoms with Gasteiger partial charge in [0.1, 0.15) is 5.75 Å². The van der Waals surface area contributed by atoms with Gasteiger partial charge in [-0.25, -0.2) is 4.98 Å². The van der Waals surface area contributed by atoms with E-state index in [9.17, 15) is 4.79 Å². The van der Waals surface area contributed by atoms with Gasteiger partial charge >= 0.3 is 0 Å². The number of ketones is 1. The van der Waals surface area contributed by atoms with E-state index in [1.54, 1.807) is 37.6 Å². The number of Topliss-reactive ketones (excluding diaryl/α,β-unsaturated/α-hetero) is 1. The lowest BCUT2D eigenvalue weighted by Crippen LogP contribution is -2.13. The number of nitrogens with one attached hydrogen (secondary N) is 1. The largest absolute Gasteiger partial charge is 0.497 e. The van der Waals surface area contributed by atoms with E-state index in [-0.39, 0.29) is 11.0 Å². The SMILES string of the molecule is COc1ccc(C(=O)[C@@H](C)Sc2ncc(-c3ccccc3)[nH]2)cc1. The van der Waals surface area contributed by atoms with Crippen molar-refractivity contribution in [2.45, 2.75) is 17.3 Å². The predicted molar refractivity (Wildman–Crippen MR) is 96.7 cm³/mol. The molecule has 0 amide bonds. The van der Waals surface area contributed by atoms with Gasteiger partial charge in [-0.3, -0.25) is 4.79 Å². The van der Waals surface area contributed by atoms with Crippen molar-refractivity contribution in [3.63, 3.8) is 0 Å². The third-order valence-electron chi connectivity index (χ3n) is 3.67. The van der Waals surface area contributed by atoms with E-state index in [4.69, 9.17) is 4.74 Å². The number of nitrogens with zero attached hydrogens (tertiary/aromatic N) is 1. The summed E-state index contributed by atoms with van der Waals surface area (Å²) in [4.78, 5) is 20.2. The number of hydrogen-bond acceptors (Lipinski definition) is 4. The minimum absolute atomic E-state index is 0.0697. The van der Waals surface area contributed by atoms with Crippen molar-refractivity contribution in [1.82, 2.24) is 9.97 Å². The second-order valence-electron chi connectivity index (χ2n) is 5.32. The maximum absolute atomic E-state index is 12.5. The maximum atomic E-state index is 12.5. The number of thioether (sulfide) groups is 1. The first-order chi connectivity index (χ1) is 11.7. The Morgan fingerprint density at radius 2 is 1.83 bits per heavy atom. The number of rotatable bonds is 6. The van der Waals surface area contributed by atoms with Gasteiger partial charge in [-0.05, 0) is 36.8 Å². The van der Waals surface area contributed by atoms with E-state index in [1.807, 2.05) is 37.3 Å². The van der Waals surface area contributed by atoms with Gasteiger partial charge in [0.25, 0.3) is 0 Å². The third kappa shape index (κ3) is 3.68. The Bertz CT molecular complexity index is 813. The molecule has 1 atom stereocenters. The normalized spacial score (nSPS) is 11.9. The molecular formula is C19H18N2O2S. The molecular weight excluding hydrogens is 320 g/mol. The highest BCUT2D eigenvalue weighted by Gasteiger charge is 2.18. The highest BCUT2D eigenvalue weighted by atomic mass is 32.2. The third-order valence-corrected chi connectivity index (χ3v) is 4.67. The van der Waals surface area contributed by atoms with Crippen molar-refractivity contribution in [2.24, 2.45) is 0 Å². The molecule has 0 aliphatic carbocycles. The van der Waals surface area contributed by atoms with Crippen LogP contribution in [-0.4, -0.2) is 28.1 Å². The second-order valence-corrected chi connectivity index (χ2v) is 6.65. The molecule has 0 saturated heterocycles. The number of imidazole rings is 1. The van der Waals surface area contributed by atoms with Crippen molar-refractivity contribution < 1.29 is 9.53 Å². The lowest BCUT2D eigenvalue weighted by Gasteiger charge is -2.09. The smallest absolute Gasteiger partial charge is 0.175 e. The van der Waals surface area contributed by atoms with Gasteiger partial charge in [-0.1, -0.05) is 42.1 Å². The Kier molecular flexibility index (Phi) is 5.01. The average Bonchev–Trinajstić information content (AvgIpc) is 3.10. The van der Waals surface area contributed by atoms with Crippen LogP contribution in [0.15, 0.2) is 66.0 Å². The van der Waals surface area contributed by atoms with Gasteiger partial charge in [-0.2, -0.15) is 0 Å². The molecule has 4 nitrogen and oxygen atoms in total. The average molecular weight is 338 g/mol. The fourth-order valence-corrected chi connectivity index (χ4v) is 3.20. The maximum Gasteiger partial charge on any atom is 0.175 e. The number of aromatic nitrogens is 2. The standard InChI is InChI=1S/C19H18N2O2S/c1-13(18(22)15-8-10-16(23-2)11-9-15)24-19-20-12-17(21-19)14-6-4-3-5-7-14/h3-13H,1-2H3,(H,20,21)/t13-/m1/s1. The Morgan fingerprint density at radius 3 is 2.50 bits per heavy atom. The molecule has 24 heavy (non-hydrogen) atoms. The van der Waals surface area contributed by atoms with Crippen LogP contribution in [0.2, 0.25) is 0 Å². The molecule has 0 radical (unpaired) electrons. The first kappa shape index (κ1) is 16.3. The molecule has 122 valence electrons. The van der Waals surface area contributed by atoms with Crippen LogP contribution in [0.25, 0.3) is 11.3 Å².